The molecule has 2 aliphatic heterocycles. The molecule has 8 heteroatoms. The summed E-state index contributed by atoms with van der Waals surface area (Å²) in [7, 11) is 1.77. The summed E-state index contributed by atoms with van der Waals surface area (Å²) in [5.74, 6) is 0.593. The average Bonchev–Trinajstić information content (AvgIpc) is 2.82. The van der Waals surface area contributed by atoms with Gasteiger partial charge in [0, 0.05) is 20.1 Å². The van der Waals surface area contributed by atoms with Crippen LogP contribution < -0.4 is 5.32 Å². The number of hydrogen-bond donors (Lipinski definition) is 1. The molecule has 3 atom stereocenters. The van der Waals surface area contributed by atoms with Crippen molar-refractivity contribution < 1.29 is 14.4 Å². The summed E-state index contributed by atoms with van der Waals surface area (Å²) >= 11 is 0. The van der Waals surface area contributed by atoms with E-state index in [1.165, 1.54) is 0 Å². The van der Waals surface area contributed by atoms with Crippen molar-refractivity contribution in [3.8, 4) is 0 Å². The number of nitrogens with zero attached hydrogens (tertiary/aromatic N) is 4. The zero-order valence-corrected chi connectivity index (χ0v) is 22.1. The predicted octanol–water partition coefficient (Wildman–Crippen LogP) is 3.69. The predicted molar refractivity (Wildman–Crippen MR) is 137 cm³/mol. The van der Waals surface area contributed by atoms with E-state index in [-0.39, 0.29) is 30.3 Å². The average molecular weight is 486 g/mol. The molecule has 2 fully saturated rings. The second-order valence-corrected chi connectivity index (χ2v) is 10.4. The SMILES string of the molecule is CCCCC(CC)CN1C[C@H]2N(C(=O)CN(C)N2C(=O)NCc2ccccc2)[C@@H](CC(C)C)C1=O. The first kappa shape index (κ1) is 27.0. The molecule has 2 saturated heterocycles. The molecule has 1 aromatic carbocycles. The fraction of sp³-hybridized carbons (Fsp3) is 0.667. The van der Waals surface area contributed by atoms with E-state index in [2.05, 4.69) is 33.0 Å². The molecule has 1 N–H and O–H groups in total. The maximum atomic E-state index is 13.7. The Morgan fingerprint density at radius 2 is 1.86 bits per heavy atom. The molecular weight excluding hydrogens is 442 g/mol. The van der Waals surface area contributed by atoms with Crippen LogP contribution >= 0.6 is 0 Å². The molecule has 0 saturated carbocycles. The monoisotopic (exact) mass is 485 g/mol. The van der Waals surface area contributed by atoms with E-state index in [1.54, 1.807) is 22.0 Å². The maximum absolute atomic E-state index is 13.7. The quantitative estimate of drug-likeness (QED) is 0.548. The van der Waals surface area contributed by atoms with E-state index >= 15 is 0 Å². The third-order valence-corrected chi connectivity index (χ3v) is 7.15. The van der Waals surface area contributed by atoms with Gasteiger partial charge in [-0.1, -0.05) is 77.3 Å². The number of nitrogens with one attached hydrogen (secondary N) is 1. The fourth-order valence-electron chi connectivity index (χ4n) is 5.23. The summed E-state index contributed by atoms with van der Waals surface area (Å²) < 4.78 is 0. The number of piperazine rings is 1. The van der Waals surface area contributed by atoms with E-state index in [0.29, 0.717) is 32.0 Å². The van der Waals surface area contributed by atoms with Gasteiger partial charge in [0.2, 0.25) is 11.8 Å². The third-order valence-electron chi connectivity index (χ3n) is 7.15. The molecule has 194 valence electrons. The largest absolute Gasteiger partial charge is 0.337 e. The van der Waals surface area contributed by atoms with Crippen molar-refractivity contribution in [2.24, 2.45) is 11.8 Å². The van der Waals surface area contributed by atoms with Crippen LogP contribution in [0.15, 0.2) is 30.3 Å². The van der Waals surface area contributed by atoms with Gasteiger partial charge in [0.1, 0.15) is 12.2 Å². The van der Waals surface area contributed by atoms with Crippen LogP contribution in [0.4, 0.5) is 4.79 Å². The molecule has 3 rings (SSSR count). The van der Waals surface area contributed by atoms with Crippen molar-refractivity contribution in [2.75, 3.05) is 26.7 Å². The van der Waals surface area contributed by atoms with Crippen LogP contribution in [-0.4, -0.2) is 76.6 Å². The molecule has 1 aromatic rings. The molecule has 0 aromatic heterocycles. The Morgan fingerprint density at radius 1 is 1.14 bits per heavy atom. The van der Waals surface area contributed by atoms with Gasteiger partial charge in [0.15, 0.2) is 0 Å². The van der Waals surface area contributed by atoms with Crippen LogP contribution in [0, 0.1) is 11.8 Å². The molecule has 1 unspecified atom stereocenters. The number of amides is 4. The third kappa shape index (κ3) is 6.54. The molecule has 2 aliphatic rings. The molecule has 0 spiro atoms. The smallest absolute Gasteiger partial charge is 0.334 e. The first-order valence-electron chi connectivity index (χ1n) is 13.2. The Kier molecular flexibility index (Phi) is 9.55. The minimum absolute atomic E-state index is 0.0208. The van der Waals surface area contributed by atoms with E-state index in [4.69, 9.17) is 0 Å². The van der Waals surface area contributed by atoms with Gasteiger partial charge in [-0.15, -0.1) is 0 Å². The van der Waals surface area contributed by atoms with Crippen LogP contribution in [-0.2, 0) is 16.1 Å². The second kappa shape index (κ2) is 12.4. The summed E-state index contributed by atoms with van der Waals surface area (Å²) in [4.78, 5) is 43.9. The number of urea groups is 1. The van der Waals surface area contributed by atoms with E-state index in [0.717, 1.165) is 31.2 Å². The van der Waals surface area contributed by atoms with Crippen LogP contribution in [0.3, 0.4) is 0 Å². The summed E-state index contributed by atoms with van der Waals surface area (Å²) in [5.41, 5.74) is 1.01. The standard InChI is InChI=1S/C27H43N5O3/c1-6-8-12-21(7-2)17-30-18-24-31(23(26(30)34)15-20(3)4)25(33)19-29(5)32(24)27(35)28-16-22-13-10-9-11-14-22/h9-11,13-14,20-21,23-24H,6-8,12,15-19H2,1-5H3,(H,28,35)/t21?,23-,24-/m0/s1. The maximum Gasteiger partial charge on any atom is 0.334 e. The minimum Gasteiger partial charge on any atom is -0.337 e. The van der Waals surface area contributed by atoms with Crippen LogP contribution in [0.2, 0.25) is 0 Å². The Balaban J connectivity index is 1.85. The van der Waals surface area contributed by atoms with Crippen LogP contribution in [0.25, 0.3) is 0 Å². The number of hydrogen-bond acceptors (Lipinski definition) is 4. The van der Waals surface area contributed by atoms with Crippen molar-refractivity contribution in [3.05, 3.63) is 35.9 Å². The van der Waals surface area contributed by atoms with E-state index in [1.807, 2.05) is 35.2 Å². The van der Waals surface area contributed by atoms with Gasteiger partial charge in [-0.2, -0.15) is 0 Å². The lowest BCUT2D eigenvalue weighted by molar-refractivity contribution is -0.188. The van der Waals surface area contributed by atoms with Gasteiger partial charge in [-0.25, -0.2) is 14.8 Å². The number of rotatable bonds is 10. The molecule has 0 aliphatic carbocycles. The molecule has 8 nitrogen and oxygen atoms in total. The molecule has 0 bridgehead atoms. The highest BCUT2D eigenvalue weighted by Crippen LogP contribution is 2.30. The van der Waals surface area contributed by atoms with Crippen molar-refractivity contribution >= 4 is 17.8 Å². The first-order chi connectivity index (χ1) is 16.8. The second-order valence-electron chi connectivity index (χ2n) is 10.4. The lowest BCUT2D eigenvalue weighted by Gasteiger charge is -2.55. The number of hydrazine groups is 1. The Bertz CT molecular complexity index is 862. The number of carbonyl (C=O) groups is 3. The lowest BCUT2D eigenvalue weighted by atomic mass is 9.94. The molecule has 4 amide bonds. The van der Waals surface area contributed by atoms with Crippen LogP contribution in [0.1, 0.15) is 65.4 Å². The minimum atomic E-state index is -0.539. The molecule has 2 heterocycles. The van der Waals surface area contributed by atoms with Crippen molar-refractivity contribution in [1.29, 1.82) is 0 Å². The highest BCUT2D eigenvalue weighted by Gasteiger charge is 2.50. The number of likely N-dealkylation sites (N-methyl/N-ethyl adjacent to an activating group) is 1. The molecular formula is C27H43N5O3. The fourth-order valence-corrected chi connectivity index (χ4v) is 5.23. The van der Waals surface area contributed by atoms with Gasteiger partial charge in [-0.05, 0) is 30.2 Å². The zero-order chi connectivity index (χ0) is 25.5. The normalized spacial score (nSPS) is 21.9. The topological polar surface area (TPSA) is 76.2 Å². The van der Waals surface area contributed by atoms with Crippen molar-refractivity contribution in [1.82, 2.24) is 25.1 Å². The summed E-state index contributed by atoms with van der Waals surface area (Å²) in [6, 6.07) is 8.97. The van der Waals surface area contributed by atoms with Crippen LogP contribution in [0.5, 0.6) is 0 Å². The first-order valence-corrected chi connectivity index (χ1v) is 13.2. The van der Waals surface area contributed by atoms with Crippen molar-refractivity contribution in [3.63, 3.8) is 0 Å². The highest BCUT2D eigenvalue weighted by molar-refractivity contribution is 5.91. The number of fused-ring (bicyclic) bond motifs is 1. The lowest BCUT2D eigenvalue weighted by Crippen LogP contribution is -2.76. The zero-order valence-electron chi connectivity index (χ0n) is 22.1. The van der Waals surface area contributed by atoms with E-state index < -0.39 is 12.2 Å². The summed E-state index contributed by atoms with van der Waals surface area (Å²) in [6.45, 7) is 9.99. The number of carbonyl (C=O) groups excluding carboxylic acids is 3. The van der Waals surface area contributed by atoms with Gasteiger partial charge < -0.3 is 15.1 Å². The Morgan fingerprint density at radius 3 is 2.49 bits per heavy atom. The Hall–Kier alpha value is -2.61. The van der Waals surface area contributed by atoms with Gasteiger partial charge in [-0.3, -0.25) is 9.59 Å². The van der Waals surface area contributed by atoms with Crippen molar-refractivity contribution in [2.45, 2.75) is 78.6 Å². The van der Waals surface area contributed by atoms with Gasteiger partial charge >= 0.3 is 6.03 Å². The van der Waals surface area contributed by atoms with Gasteiger partial charge in [0.05, 0.1) is 13.1 Å². The highest BCUT2D eigenvalue weighted by atomic mass is 16.2. The summed E-state index contributed by atoms with van der Waals surface area (Å²) in [5, 5.41) is 6.35. The molecule has 35 heavy (non-hydrogen) atoms. The van der Waals surface area contributed by atoms with E-state index in [9.17, 15) is 14.4 Å². The number of unbranched alkanes of at least 4 members (excludes halogenated alkanes) is 1. The Labute approximate surface area is 210 Å². The molecule has 0 radical (unpaired) electrons. The summed E-state index contributed by atoms with van der Waals surface area (Å²) in [6.07, 6.45) is 4.44. The number of benzene rings is 1. The van der Waals surface area contributed by atoms with Gasteiger partial charge in [0.25, 0.3) is 0 Å².